The maximum absolute atomic E-state index is 13.4. The van der Waals surface area contributed by atoms with E-state index in [-0.39, 0.29) is 5.91 Å². The van der Waals surface area contributed by atoms with Crippen molar-refractivity contribution in [2.24, 2.45) is 5.92 Å². The molecular formula is C17H23FN2O. The number of hydrogen-bond donors (Lipinski definition) is 1. The molecule has 2 aliphatic carbocycles. The van der Waals surface area contributed by atoms with Crippen LogP contribution in [0.5, 0.6) is 0 Å². The van der Waals surface area contributed by atoms with Crippen LogP contribution in [0, 0.1) is 11.7 Å². The standard InChI is InChI=1S/C17H23FN2O/c18-13-6-9-16(19)15(10-13)17(21)20(14-7-8-14)11-12-4-2-1-3-5-12/h6,9-10,12,14H,1-5,7-8,11,19H2. The van der Waals surface area contributed by atoms with E-state index in [0.717, 1.165) is 19.4 Å². The molecule has 0 heterocycles. The van der Waals surface area contributed by atoms with E-state index in [1.165, 1.54) is 50.3 Å². The van der Waals surface area contributed by atoms with Crippen molar-refractivity contribution in [1.82, 2.24) is 4.90 Å². The van der Waals surface area contributed by atoms with Crippen LogP contribution in [0.1, 0.15) is 55.3 Å². The van der Waals surface area contributed by atoms with Crippen LogP contribution < -0.4 is 5.73 Å². The van der Waals surface area contributed by atoms with Gasteiger partial charge in [0.15, 0.2) is 0 Å². The van der Waals surface area contributed by atoms with E-state index < -0.39 is 5.82 Å². The van der Waals surface area contributed by atoms with E-state index in [9.17, 15) is 9.18 Å². The molecule has 0 unspecified atom stereocenters. The van der Waals surface area contributed by atoms with Crippen molar-refractivity contribution >= 4 is 11.6 Å². The molecule has 3 rings (SSSR count). The summed E-state index contributed by atoms with van der Waals surface area (Å²) in [6, 6.07) is 4.39. The van der Waals surface area contributed by atoms with Crippen molar-refractivity contribution in [3.63, 3.8) is 0 Å². The van der Waals surface area contributed by atoms with Gasteiger partial charge in [-0.25, -0.2) is 4.39 Å². The van der Waals surface area contributed by atoms with E-state index in [1.54, 1.807) is 0 Å². The van der Waals surface area contributed by atoms with E-state index in [2.05, 4.69) is 0 Å². The predicted octanol–water partition coefficient (Wildman–Crippen LogP) is 3.59. The number of nitrogen functional groups attached to an aromatic ring is 1. The summed E-state index contributed by atoms with van der Waals surface area (Å²) in [7, 11) is 0. The molecule has 1 aromatic rings. The lowest BCUT2D eigenvalue weighted by Gasteiger charge is -2.30. The van der Waals surface area contributed by atoms with Crippen LogP contribution in [0.2, 0.25) is 0 Å². The highest BCUT2D eigenvalue weighted by Crippen LogP contribution is 2.33. The molecule has 114 valence electrons. The van der Waals surface area contributed by atoms with Gasteiger partial charge in [-0.2, -0.15) is 0 Å². The normalized spacial score (nSPS) is 19.5. The third kappa shape index (κ3) is 3.36. The second kappa shape index (κ2) is 6.04. The summed E-state index contributed by atoms with van der Waals surface area (Å²) in [5.74, 6) is 0.0964. The Kier molecular flexibility index (Phi) is 4.13. The Balaban J connectivity index is 1.76. The van der Waals surface area contributed by atoms with Gasteiger partial charge in [0.25, 0.3) is 5.91 Å². The minimum absolute atomic E-state index is 0.0972. The molecular weight excluding hydrogens is 267 g/mol. The molecule has 0 spiro atoms. The topological polar surface area (TPSA) is 46.3 Å². The summed E-state index contributed by atoms with van der Waals surface area (Å²) in [6.45, 7) is 0.805. The Morgan fingerprint density at radius 3 is 2.57 bits per heavy atom. The van der Waals surface area contributed by atoms with Crippen LogP contribution in [-0.4, -0.2) is 23.4 Å². The molecule has 4 heteroatoms. The lowest BCUT2D eigenvalue weighted by molar-refractivity contribution is 0.0699. The van der Waals surface area contributed by atoms with Crippen LogP contribution in [-0.2, 0) is 0 Å². The molecule has 21 heavy (non-hydrogen) atoms. The summed E-state index contributed by atoms with van der Waals surface area (Å²) in [4.78, 5) is 14.7. The second-order valence-corrected chi connectivity index (χ2v) is 6.42. The minimum atomic E-state index is -0.402. The monoisotopic (exact) mass is 290 g/mol. The third-order valence-corrected chi connectivity index (χ3v) is 4.67. The van der Waals surface area contributed by atoms with Crippen LogP contribution in [0.4, 0.5) is 10.1 Å². The molecule has 0 atom stereocenters. The quantitative estimate of drug-likeness (QED) is 0.861. The first-order chi connectivity index (χ1) is 10.1. The van der Waals surface area contributed by atoms with Crippen molar-refractivity contribution < 1.29 is 9.18 Å². The number of nitrogens with two attached hydrogens (primary N) is 1. The number of carbonyl (C=O) groups is 1. The largest absolute Gasteiger partial charge is 0.398 e. The summed E-state index contributed by atoms with van der Waals surface area (Å²) in [6.07, 6.45) is 8.37. The van der Waals surface area contributed by atoms with E-state index in [0.29, 0.717) is 23.2 Å². The van der Waals surface area contributed by atoms with Crippen LogP contribution >= 0.6 is 0 Å². The molecule has 0 bridgehead atoms. The molecule has 2 N–H and O–H groups in total. The van der Waals surface area contributed by atoms with Gasteiger partial charge in [0.1, 0.15) is 5.82 Å². The molecule has 0 aromatic heterocycles. The Labute approximate surface area is 125 Å². The number of halogens is 1. The zero-order valence-corrected chi connectivity index (χ0v) is 12.4. The second-order valence-electron chi connectivity index (χ2n) is 6.42. The molecule has 1 aromatic carbocycles. The zero-order chi connectivity index (χ0) is 14.8. The molecule has 2 saturated carbocycles. The van der Waals surface area contributed by atoms with Gasteiger partial charge < -0.3 is 10.6 Å². The molecule has 0 radical (unpaired) electrons. The van der Waals surface area contributed by atoms with Crippen molar-refractivity contribution in [3.8, 4) is 0 Å². The van der Waals surface area contributed by atoms with Gasteiger partial charge in [-0.1, -0.05) is 19.3 Å². The lowest BCUT2D eigenvalue weighted by atomic mass is 9.88. The number of hydrogen-bond acceptors (Lipinski definition) is 2. The Bertz CT molecular complexity index is 522. The van der Waals surface area contributed by atoms with Gasteiger partial charge in [-0.3, -0.25) is 4.79 Å². The van der Waals surface area contributed by atoms with E-state index in [4.69, 9.17) is 5.73 Å². The number of benzene rings is 1. The summed E-state index contributed by atoms with van der Waals surface area (Å²) in [5, 5.41) is 0. The Morgan fingerprint density at radius 1 is 1.19 bits per heavy atom. The molecule has 3 nitrogen and oxygen atoms in total. The van der Waals surface area contributed by atoms with Crippen molar-refractivity contribution in [2.75, 3.05) is 12.3 Å². The van der Waals surface area contributed by atoms with Gasteiger partial charge in [-0.05, 0) is 49.8 Å². The summed E-state index contributed by atoms with van der Waals surface area (Å²) < 4.78 is 13.4. The minimum Gasteiger partial charge on any atom is -0.398 e. The fraction of sp³-hybridized carbons (Fsp3) is 0.588. The summed E-state index contributed by atoms with van der Waals surface area (Å²) >= 11 is 0. The SMILES string of the molecule is Nc1ccc(F)cc1C(=O)N(CC1CCCCC1)C1CC1. The number of rotatable bonds is 4. The number of nitrogens with zero attached hydrogens (tertiary/aromatic N) is 1. The van der Waals surface area contributed by atoms with E-state index >= 15 is 0 Å². The average molecular weight is 290 g/mol. The first-order valence-electron chi connectivity index (χ1n) is 8.01. The van der Waals surface area contributed by atoms with Crippen LogP contribution in [0.25, 0.3) is 0 Å². The van der Waals surface area contributed by atoms with Gasteiger partial charge in [0, 0.05) is 18.3 Å². The highest BCUT2D eigenvalue weighted by Gasteiger charge is 2.35. The molecule has 1 amide bonds. The Morgan fingerprint density at radius 2 is 1.90 bits per heavy atom. The van der Waals surface area contributed by atoms with Crippen LogP contribution in [0.3, 0.4) is 0 Å². The van der Waals surface area contributed by atoms with Gasteiger partial charge in [0.2, 0.25) is 0 Å². The maximum Gasteiger partial charge on any atom is 0.256 e. The van der Waals surface area contributed by atoms with Crippen molar-refractivity contribution in [2.45, 2.75) is 51.0 Å². The lowest BCUT2D eigenvalue weighted by Crippen LogP contribution is -2.38. The molecule has 0 saturated heterocycles. The fourth-order valence-corrected chi connectivity index (χ4v) is 3.30. The average Bonchev–Trinajstić information content (AvgIpc) is 3.32. The first kappa shape index (κ1) is 14.4. The van der Waals surface area contributed by atoms with E-state index in [1.807, 2.05) is 4.90 Å². The van der Waals surface area contributed by atoms with Gasteiger partial charge >= 0.3 is 0 Å². The van der Waals surface area contributed by atoms with Crippen LogP contribution in [0.15, 0.2) is 18.2 Å². The van der Waals surface area contributed by atoms with Crippen molar-refractivity contribution in [1.29, 1.82) is 0 Å². The smallest absolute Gasteiger partial charge is 0.256 e. The molecule has 2 fully saturated rings. The van der Waals surface area contributed by atoms with Gasteiger partial charge in [0.05, 0.1) is 5.56 Å². The Hall–Kier alpha value is -1.58. The van der Waals surface area contributed by atoms with Gasteiger partial charge in [-0.15, -0.1) is 0 Å². The highest BCUT2D eigenvalue weighted by molar-refractivity contribution is 5.99. The van der Waals surface area contributed by atoms with Crippen molar-refractivity contribution in [3.05, 3.63) is 29.6 Å². The number of anilines is 1. The zero-order valence-electron chi connectivity index (χ0n) is 12.4. The number of carbonyl (C=O) groups excluding carboxylic acids is 1. The molecule has 0 aliphatic heterocycles. The molecule has 2 aliphatic rings. The third-order valence-electron chi connectivity index (χ3n) is 4.67. The summed E-state index contributed by atoms with van der Waals surface area (Å²) in [5.41, 5.74) is 6.56. The maximum atomic E-state index is 13.4. The highest BCUT2D eigenvalue weighted by atomic mass is 19.1. The first-order valence-corrected chi connectivity index (χ1v) is 8.01. The predicted molar refractivity (Wildman–Crippen MR) is 81.4 cm³/mol. The fourth-order valence-electron chi connectivity index (χ4n) is 3.30. The number of amides is 1.